The molecule has 7 heteroatoms. The van der Waals surface area contributed by atoms with Gasteiger partial charge in [-0.25, -0.2) is 8.42 Å². The molecule has 21 heavy (non-hydrogen) atoms. The largest absolute Gasteiger partial charge is 0.495 e. The van der Waals surface area contributed by atoms with Crippen LogP contribution in [0.15, 0.2) is 17.0 Å². The molecule has 1 fully saturated rings. The lowest BCUT2D eigenvalue weighted by Gasteiger charge is -2.30. The normalized spacial score (nSPS) is 20.3. The van der Waals surface area contributed by atoms with Gasteiger partial charge in [-0.2, -0.15) is 4.31 Å². The maximum absolute atomic E-state index is 12.8. The van der Waals surface area contributed by atoms with Gasteiger partial charge in [0, 0.05) is 25.2 Å². The Morgan fingerprint density at radius 1 is 1.24 bits per heavy atom. The van der Waals surface area contributed by atoms with Crippen molar-refractivity contribution in [3.8, 4) is 11.5 Å². The molecule has 1 saturated heterocycles. The van der Waals surface area contributed by atoms with E-state index in [0.29, 0.717) is 29.8 Å². The molecule has 0 bridgehead atoms. The number of hydrogen-bond acceptors (Lipinski definition) is 4. The molecule has 0 radical (unpaired) electrons. The van der Waals surface area contributed by atoms with E-state index >= 15 is 0 Å². The molecule has 0 spiro atoms. The van der Waals surface area contributed by atoms with E-state index in [1.54, 1.807) is 0 Å². The van der Waals surface area contributed by atoms with E-state index in [1.165, 1.54) is 30.7 Å². The molecule has 0 aliphatic carbocycles. The summed E-state index contributed by atoms with van der Waals surface area (Å²) in [6.45, 7) is 3.11. The molecule has 1 aliphatic heterocycles. The fourth-order valence-electron chi connectivity index (χ4n) is 2.54. The van der Waals surface area contributed by atoms with Gasteiger partial charge in [-0.1, -0.05) is 18.5 Å². The maximum atomic E-state index is 12.8. The standard InChI is InChI=1S/C14H20ClNO4S/c1-10-5-4-6-16(9-10)21(17,18)14-8-12(19-2)11(15)7-13(14)20-3/h7-8,10H,4-6,9H2,1-3H3/t10-/m0/s1. The highest BCUT2D eigenvalue weighted by Gasteiger charge is 2.32. The van der Waals surface area contributed by atoms with Gasteiger partial charge in [0.15, 0.2) is 0 Å². The Labute approximate surface area is 130 Å². The van der Waals surface area contributed by atoms with Crippen LogP contribution in [0.2, 0.25) is 5.02 Å². The minimum absolute atomic E-state index is 0.0975. The van der Waals surface area contributed by atoms with Crippen molar-refractivity contribution in [2.24, 2.45) is 5.92 Å². The second-order valence-corrected chi connectivity index (χ2v) is 7.56. The number of benzene rings is 1. The number of methoxy groups -OCH3 is 2. The van der Waals surface area contributed by atoms with Crippen LogP contribution in [-0.2, 0) is 10.0 Å². The average Bonchev–Trinajstić information content (AvgIpc) is 2.46. The number of hydrogen-bond donors (Lipinski definition) is 0. The third kappa shape index (κ3) is 3.27. The smallest absolute Gasteiger partial charge is 0.246 e. The van der Waals surface area contributed by atoms with Gasteiger partial charge < -0.3 is 9.47 Å². The Bertz CT molecular complexity index is 618. The Morgan fingerprint density at radius 2 is 1.90 bits per heavy atom. The number of sulfonamides is 1. The SMILES string of the molecule is COc1cc(S(=O)(=O)N2CCC[C@H](C)C2)c(OC)cc1Cl. The summed E-state index contributed by atoms with van der Waals surface area (Å²) in [7, 11) is -0.739. The zero-order valence-electron chi connectivity index (χ0n) is 12.4. The summed E-state index contributed by atoms with van der Waals surface area (Å²) in [5.74, 6) is 0.911. The van der Waals surface area contributed by atoms with E-state index in [2.05, 4.69) is 6.92 Å². The van der Waals surface area contributed by atoms with Crippen molar-refractivity contribution in [1.82, 2.24) is 4.31 Å². The van der Waals surface area contributed by atoms with Crippen molar-refractivity contribution < 1.29 is 17.9 Å². The molecule has 1 atom stereocenters. The van der Waals surface area contributed by atoms with Gasteiger partial charge in [-0.05, 0) is 18.8 Å². The van der Waals surface area contributed by atoms with Crippen LogP contribution in [0, 0.1) is 5.92 Å². The monoisotopic (exact) mass is 333 g/mol. The second kappa shape index (κ2) is 6.42. The van der Waals surface area contributed by atoms with E-state index < -0.39 is 10.0 Å². The van der Waals surface area contributed by atoms with Crippen LogP contribution in [0.4, 0.5) is 0 Å². The summed E-state index contributed by atoms with van der Waals surface area (Å²) >= 11 is 6.03. The molecular formula is C14H20ClNO4S. The summed E-state index contributed by atoms with van der Waals surface area (Å²) in [6, 6.07) is 2.90. The first kappa shape index (κ1) is 16.4. The van der Waals surface area contributed by atoms with Gasteiger partial charge in [0.25, 0.3) is 0 Å². The molecule has 2 rings (SSSR count). The number of nitrogens with zero attached hydrogens (tertiary/aromatic N) is 1. The molecule has 1 heterocycles. The van der Waals surface area contributed by atoms with Crippen LogP contribution in [-0.4, -0.2) is 40.0 Å². The topological polar surface area (TPSA) is 55.8 Å². The molecule has 0 amide bonds. The van der Waals surface area contributed by atoms with Crippen molar-refractivity contribution in [1.29, 1.82) is 0 Å². The number of ether oxygens (including phenoxy) is 2. The maximum Gasteiger partial charge on any atom is 0.246 e. The Balaban J connectivity index is 2.48. The van der Waals surface area contributed by atoms with Crippen molar-refractivity contribution in [2.75, 3.05) is 27.3 Å². The number of piperidine rings is 1. The molecule has 5 nitrogen and oxygen atoms in total. The van der Waals surface area contributed by atoms with Crippen molar-refractivity contribution in [2.45, 2.75) is 24.7 Å². The molecule has 1 aromatic rings. The predicted octanol–water partition coefficient (Wildman–Crippen LogP) is 2.78. The summed E-state index contributed by atoms with van der Waals surface area (Å²) in [5.41, 5.74) is 0. The quantitative estimate of drug-likeness (QED) is 0.850. The second-order valence-electron chi connectivity index (χ2n) is 5.25. The first-order valence-electron chi connectivity index (χ1n) is 6.81. The third-order valence-corrected chi connectivity index (χ3v) is 5.86. The lowest BCUT2D eigenvalue weighted by molar-refractivity contribution is 0.280. The molecule has 0 N–H and O–H groups in total. The molecule has 1 aromatic carbocycles. The van der Waals surface area contributed by atoms with Crippen molar-refractivity contribution >= 4 is 21.6 Å². The Kier molecular flexibility index (Phi) is 5.01. The van der Waals surface area contributed by atoms with E-state index in [1.807, 2.05) is 0 Å². The first-order valence-corrected chi connectivity index (χ1v) is 8.63. The van der Waals surface area contributed by atoms with Crippen LogP contribution < -0.4 is 9.47 Å². The highest BCUT2D eigenvalue weighted by atomic mass is 35.5. The molecule has 0 saturated carbocycles. The van der Waals surface area contributed by atoms with Gasteiger partial charge >= 0.3 is 0 Å². The number of halogens is 1. The lowest BCUT2D eigenvalue weighted by Crippen LogP contribution is -2.39. The van der Waals surface area contributed by atoms with E-state index in [9.17, 15) is 8.42 Å². The fraction of sp³-hybridized carbons (Fsp3) is 0.571. The van der Waals surface area contributed by atoms with Gasteiger partial charge in [0.05, 0.1) is 19.2 Å². The van der Waals surface area contributed by atoms with Crippen LogP contribution in [0.1, 0.15) is 19.8 Å². The molecule has 118 valence electrons. The van der Waals surface area contributed by atoms with E-state index in [-0.39, 0.29) is 10.6 Å². The van der Waals surface area contributed by atoms with Gasteiger partial charge in [0.2, 0.25) is 10.0 Å². The van der Waals surface area contributed by atoms with Gasteiger partial charge in [0.1, 0.15) is 16.4 Å². The minimum atomic E-state index is -3.62. The van der Waals surface area contributed by atoms with Crippen LogP contribution in [0.3, 0.4) is 0 Å². The zero-order valence-corrected chi connectivity index (χ0v) is 14.0. The Morgan fingerprint density at radius 3 is 2.48 bits per heavy atom. The van der Waals surface area contributed by atoms with Gasteiger partial charge in [-0.3, -0.25) is 0 Å². The van der Waals surface area contributed by atoms with Crippen molar-refractivity contribution in [3.63, 3.8) is 0 Å². The highest BCUT2D eigenvalue weighted by Crippen LogP contribution is 2.37. The molecular weight excluding hydrogens is 314 g/mol. The van der Waals surface area contributed by atoms with Gasteiger partial charge in [-0.15, -0.1) is 0 Å². The summed E-state index contributed by atoms with van der Waals surface area (Å²) in [5, 5.41) is 0.320. The molecule has 1 aliphatic rings. The van der Waals surface area contributed by atoms with Crippen LogP contribution in [0.25, 0.3) is 0 Å². The average molecular weight is 334 g/mol. The summed E-state index contributed by atoms with van der Waals surface area (Å²) in [4.78, 5) is 0.0975. The van der Waals surface area contributed by atoms with E-state index in [0.717, 1.165) is 12.8 Å². The summed E-state index contributed by atoms with van der Waals surface area (Å²) in [6.07, 6.45) is 1.92. The lowest BCUT2D eigenvalue weighted by atomic mass is 10.0. The predicted molar refractivity (Wildman–Crippen MR) is 81.7 cm³/mol. The first-order chi connectivity index (χ1) is 9.90. The molecule has 0 aromatic heterocycles. The Hall–Kier alpha value is -0.980. The fourth-order valence-corrected chi connectivity index (χ4v) is 4.52. The zero-order chi connectivity index (χ0) is 15.6. The summed E-state index contributed by atoms with van der Waals surface area (Å²) < 4.78 is 37.5. The highest BCUT2D eigenvalue weighted by molar-refractivity contribution is 7.89. The van der Waals surface area contributed by atoms with Crippen LogP contribution >= 0.6 is 11.6 Å². The third-order valence-electron chi connectivity index (χ3n) is 3.68. The number of rotatable bonds is 4. The minimum Gasteiger partial charge on any atom is -0.495 e. The van der Waals surface area contributed by atoms with Crippen molar-refractivity contribution in [3.05, 3.63) is 17.2 Å². The van der Waals surface area contributed by atoms with Crippen LogP contribution in [0.5, 0.6) is 11.5 Å². The van der Waals surface area contributed by atoms with E-state index in [4.69, 9.17) is 21.1 Å². The molecule has 0 unspecified atom stereocenters.